The molecule has 2 aromatic rings. The van der Waals surface area contributed by atoms with Crippen LogP contribution < -0.4 is 4.74 Å². The molecule has 0 aliphatic carbocycles. The Hall–Kier alpha value is -1.40. The average Bonchev–Trinajstić information content (AvgIpc) is 3.06. The van der Waals surface area contributed by atoms with Gasteiger partial charge in [0.1, 0.15) is 19.0 Å². The molecule has 4 rings (SSSR count). The number of hydrogen-bond donors (Lipinski definition) is 1. The lowest BCUT2D eigenvalue weighted by molar-refractivity contribution is 0.0560. The average molecular weight is 392 g/mol. The number of nitrogens with zero attached hydrogens (tertiary/aromatic N) is 1. The van der Waals surface area contributed by atoms with E-state index >= 15 is 0 Å². The van der Waals surface area contributed by atoms with Crippen molar-refractivity contribution in [2.24, 2.45) is 0 Å². The minimum Gasteiger partial charge on any atom is -0.492 e. The molecule has 0 amide bonds. The minimum atomic E-state index is -0.411. The lowest BCUT2D eigenvalue weighted by atomic mass is 9.84. The number of rotatable bonds is 6. The number of piperidine rings is 1. The molecule has 26 heavy (non-hydrogen) atoms. The van der Waals surface area contributed by atoms with E-state index < -0.39 is 6.61 Å². The van der Waals surface area contributed by atoms with E-state index in [1.165, 1.54) is 23.3 Å². The van der Waals surface area contributed by atoms with Crippen molar-refractivity contribution < 1.29 is 14.6 Å². The van der Waals surface area contributed by atoms with Crippen LogP contribution in [0.15, 0.2) is 30.3 Å². The van der Waals surface area contributed by atoms with Gasteiger partial charge in [0.2, 0.25) is 0 Å². The van der Waals surface area contributed by atoms with Crippen LogP contribution in [0.3, 0.4) is 0 Å². The Morgan fingerprint density at radius 2 is 2.12 bits per heavy atom. The van der Waals surface area contributed by atoms with E-state index in [1.54, 1.807) is 11.3 Å². The largest absolute Gasteiger partial charge is 0.492 e. The number of hydrogen-bond acceptors (Lipinski definition) is 5. The molecule has 2 bridgehead atoms. The molecule has 138 valence electrons. The third-order valence-electron chi connectivity index (χ3n) is 5.36. The molecule has 1 fully saturated rings. The van der Waals surface area contributed by atoms with Gasteiger partial charge in [0, 0.05) is 28.5 Å². The van der Waals surface area contributed by atoms with E-state index in [4.69, 9.17) is 21.4 Å². The molecule has 0 radical (unpaired) electrons. The van der Waals surface area contributed by atoms with Crippen LogP contribution in [0.1, 0.15) is 45.4 Å². The fourth-order valence-corrected chi connectivity index (χ4v) is 5.48. The van der Waals surface area contributed by atoms with Crippen LogP contribution in [0.25, 0.3) is 0 Å². The summed E-state index contributed by atoms with van der Waals surface area (Å²) in [5.74, 6) is 0.667. The Bertz CT molecular complexity index is 789. The summed E-state index contributed by atoms with van der Waals surface area (Å²) >= 11 is 7.48. The number of carbonyl (C=O) groups is 1. The number of aliphatic hydroxyl groups is 1. The molecule has 1 saturated heterocycles. The van der Waals surface area contributed by atoms with Crippen molar-refractivity contribution in [3.8, 4) is 5.75 Å². The number of halogens is 1. The monoisotopic (exact) mass is 391 g/mol. The standard InChI is InChI=1S/C20H22ClNO3S/c21-13-4-6-15(7-5-13)25-9-8-22-14-2-1-3-17(22)16-11-20(18(24)12-23)26-19(16)10-14/h4-7,11,14,17,23H,1-3,8-10,12H2. The molecule has 1 aromatic heterocycles. The molecule has 2 aliphatic rings. The van der Waals surface area contributed by atoms with Crippen LogP contribution in [0.2, 0.25) is 5.02 Å². The summed E-state index contributed by atoms with van der Waals surface area (Å²) in [7, 11) is 0. The number of benzene rings is 1. The second-order valence-corrected chi connectivity index (χ2v) is 8.49. The molecule has 1 N–H and O–H groups in total. The number of ketones is 1. The van der Waals surface area contributed by atoms with Crippen molar-refractivity contribution in [1.82, 2.24) is 4.90 Å². The number of Topliss-reactive ketones (excluding diaryl/α,β-unsaturated/α-hetero) is 1. The molecule has 4 nitrogen and oxygen atoms in total. The van der Waals surface area contributed by atoms with E-state index in [0.717, 1.165) is 25.1 Å². The van der Waals surface area contributed by atoms with Gasteiger partial charge in [-0.1, -0.05) is 11.6 Å². The number of fused-ring (bicyclic) bond motifs is 4. The Kier molecular flexibility index (Phi) is 5.32. The van der Waals surface area contributed by atoms with Gasteiger partial charge in [0.15, 0.2) is 5.78 Å². The first-order valence-corrected chi connectivity index (χ1v) is 10.3. The molecule has 3 heterocycles. The third-order valence-corrected chi connectivity index (χ3v) is 6.82. The van der Waals surface area contributed by atoms with Gasteiger partial charge in [-0.3, -0.25) is 9.69 Å². The first-order valence-electron chi connectivity index (χ1n) is 9.06. The number of carbonyl (C=O) groups excluding carboxylic acids is 1. The molecular weight excluding hydrogens is 370 g/mol. The SMILES string of the molecule is O=C(CO)c1cc2c(s1)CC1CCCC2N1CCOc1ccc(Cl)cc1. The third kappa shape index (κ3) is 3.54. The summed E-state index contributed by atoms with van der Waals surface area (Å²) in [6.45, 7) is 1.10. The molecular formula is C20H22ClNO3S. The van der Waals surface area contributed by atoms with Gasteiger partial charge in [-0.15, -0.1) is 11.3 Å². The van der Waals surface area contributed by atoms with Gasteiger partial charge < -0.3 is 9.84 Å². The molecule has 2 aliphatic heterocycles. The highest BCUT2D eigenvalue weighted by Gasteiger charge is 2.38. The molecule has 2 unspecified atom stereocenters. The van der Waals surface area contributed by atoms with Crippen LogP contribution in [0.4, 0.5) is 0 Å². The summed E-state index contributed by atoms with van der Waals surface area (Å²) in [6, 6.07) is 10.4. The predicted octanol–water partition coefficient (Wildman–Crippen LogP) is 4.11. The van der Waals surface area contributed by atoms with Crippen LogP contribution in [-0.4, -0.2) is 41.6 Å². The van der Waals surface area contributed by atoms with Crippen molar-refractivity contribution >= 4 is 28.7 Å². The quantitative estimate of drug-likeness (QED) is 0.753. The van der Waals surface area contributed by atoms with E-state index in [1.807, 2.05) is 30.3 Å². The fourth-order valence-electron chi connectivity index (χ4n) is 4.14. The van der Waals surface area contributed by atoms with Gasteiger partial charge in [-0.05, 0) is 61.6 Å². The van der Waals surface area contributed by atoms with Crippen LogP contribution >= 0.6 is 22.9 Å². The summed E-state index contributed by atoms with van der Waals surface area (Å²) in [4.78, 5) is 16.4. The maximum atomic E-state index is 11.9. The second-order valence-electron chi connectivity index (χ2n) is 6.92. The van der Waals surface area contributed by atoms with Gasteiger partial charge in [0.05, 0.1) is 4.88 Å². The number of aliphatic hydroxyl groups excluding tert-OH is 1. The first kappa shape index (κ1) is 18.0. The Morgan fingerprint density at radius 1 is 1.31 bits per heavy atom. The molecule has 0 spiro atoms. The van der Waals surface area contributed by atoms with Crippen molar-refractivity contribution in [2.75, 3.05) is 19.8 Å². The predicted molar refractivity (Wildman–Crippen MR) is 103 cm³/mol. The van der Waals surface area contributed by atoms with Gasteiger partial charge in [0.25, 0.3) is 0 Å². The number of ether oxygens (including phenoxy) is 1. The lowest BCUT2D eigenvalue weighted by Gasteiger charge is -2.46. The zero-order valence-corrected chi connectivity index (χ0v) is 16.1. The maximum Gasteiger partial charge on any atom is 0.198 e. The summed E-state index contributed by atoms with van der Waals surface area (Å²) < 4.78 is 5.89. The smallest absolute Gasteiger partial charge is 0.198 e. The van der Waals surface area contributed by atoms with Crippen molar-refractivity contribution in [3.63, 3.8) is 0 Å². The first-order chi connectivity index (χ1) is 12.7. The highest BCUT2D eigenvalue weighted by molar-refractivity contribution is 7.14. The highest BCUT2D eigenvalue weighted by atomic mass is 35.5. The molecule has 0 saturated carbocycles. The van der Waals surface area contributed by atoms with E-state index in [2.05, 4.69) is 4.90 Å². The van der Waals surface area contributed by atoms with Crippen molar-refractivity contribution in [3.05, 3.63) is 50.7 Å². The highest BCUT2D eigenvalue weighted by Crippen LogP contribution is 2.44. The topological polar surface area (TPSA) is 49.8 Å². The van der Waals surface area contributed by atoms with E-state index in [0.29, 0.717) is 28.6 Å². The Balaban J connectivity index is 1.46. The van der Waals surface area contributed by atoms with E-state index in [-0.39, 0.29) is 5.78 Å². The Morgan fingerprint density at radius 3 is 2.88 bits per heavy atom. The number of thiophene rings is 1. The van der Waals surface area contributed by atoms with Crippen molar-refractivity contribution in [1.29, 1.82) is 0 Å². The lowest BCUT2D eigenvalue weighted by Crippen LogP contribution is -2.47. The maximum absolute atomic E-state index is 11.9. The second kappa shape index (κ2) is 7.69. The zero-order chi connectivity index (χ0) is 18.1. The van der Waals surface area contributed by atoms with Crippen LogP contribution in [0, 0.1) is 0 Å². The molecule has 1 aromatic carbocycles. The van der Waals surface area contributed by atoms with Gasteiger partial charge >= 0.3 is 0 Å². The normalized spacial score (nSPS) is 22.1. The van der Waals surface area contributed by atoms with Gasteiger partial charge in [-0.25, -0.2) is 0 Å². The van der Waals surface area contributed by atoms with Crippen LogP contribution in [-0.2, 0) is 6.42 Å². The van der Waals surface area contributed by atoms with Gasteiger partial charge in [-0.2, -0.15) is 0 Å². The minimum absolute atomic E-state index is 0.170. The van der Waals surface area contributed by atoms with Crippen LogP contribution in [0.5, 0.6) is 5.75 Å². The zero-order valence-electron chi connectivity index (χ0n) is 14.5. The van der Waals surface area contributed by atoms with E-state index in [9.17, 15) is 4.79 Å². The van der Waals surface area contributed by atoms with Crippen molar-refractivity contribution in [2.45, 2.75) is 37.8 Å². The molecule has 2 atom stereocenters. The summed E-state index contributed by atoms with van der Waals surface area (Å²) in [6.07, 6.45) is 4.53. The summed E-state index contributed by atoms with van der Waals surface area (Å²) in [5.41, 5.74) is 1.29. The summed E-state index contributed by atoms with van der Waals surface area (Å²) in [5, 5.41) is 9.86. The fraction of sp³-hybridized carbons (Fsp3) is 0.450. The molecule has 6 heteroatoms. The Labute approximate surface area is 162 Å².